The quantitative estimate of drug-likeness (QED) is 0.695. The zero-order chi connectivity index (χ0) is 11.7. The fourth-order valence-electron chi connectivity index (χ4n) is 1.97. The van der Waals surface area contributed by atoms with Gasteiger partial charge in [0.25, 0.3) is 0 Å². The van der Waals surface area contributed by atoms with Crippen LogP contribution in [0.3, 0.4) is 0 Å². The van der Waals surface area contributed by atoms with E-state index in [1.807, 2.05) is 12.4 Å². The smallest absolute Gasteiger partial charge is 0.0346 e. The molecule has 0 amide bonds. The Hall–Kier alpha value is -1.63. The highest BCUT2D eigenvalue weighted by Crippen LogP contribution is 2.26. The third-order valence-corrected chi connectivity index (χ3v) is 3.03. The third-order valence-electron chi connectivity index (χ3n) is 3.03. The van der Waals surface area contributed by atoms with Crippen molar-refractivity contribution in [3.05, 3.63) is 52.8 Å². The van der Waals surface area contributed by atoms with E-state index in [0.29, 0.717) is 0 Å². The molecule has 0 N–H and O–H groups in total. The third kappa shape index (κ3) is 1.99. The first-order valence-electron chi connectivity index (χ1n) is 5.58. The Bertz CT molecular complexity index is 527. The molecule has 1 aromatic carbocycles. The minimum absolute atomic E-state index is 1.20. The van der Waals surface area contributed by atoms with Gasteiger partial charge in [-0.05, 0) is 61.6 Å². The lowest BCUT2D eigenvalue weighted by atomic mass is 9.96. The van der Waals surface area contributed by atoms with E-state index >= 15 is 0 Å². The first kappa shape index (κ1) is 10.9. The molecule has 0 saturated heterocycles. The summed E-state index contributed by atoms with van der Waals surface area (Å²) in [6, 6.07) is 6.68. The van der Waals surface area contributed by atoms with Gasteiger partial charge in [0.1, 0.15) is 0 Å². The second kappa shape index (κ2) is 4.09. The molecule has 16 heavy (non-hydrogen) atoms. The highest BCUT2D eigenvalue weighted by molar-refractivity contribution is 5.68. The Morgan fingerprint density at radius 2 is 1.44 bits per heavy atom. The number of nitrogens with zero attached hydrogens (tertiary/aromatic N) is 1. The molecule has 2 rings (SSSR count). The largest absolute Gasteiger partial charge is 0.264 e. The van der Waals surface area contributed by atoms with Crippen molar-refractivity contribution in [3.63, 3.8) is 0 Å². The zero-order valence-electron chi connectivity index (χ0n) is 10.3. The minimum Gasteiger partial charge on any atom is -0.264 e. The van der Waals surface area contributed by atoms with Crippen LogP contribution in [-0.4, -0.2) is 4.98 Å². The molecular formula is C15H17N. The van der Waals surface area contributed by atoms with Gasteiger partial charge in [0.15, 0.2) is 0 Å². The molecule has 1 heterocycles. The Balaban J connectivity index is 2.60. The van der Waals surface area contributed by atoms with Crippen LogP contribution in [0.4, 0.5) is 0 Å². The predicted molar refractivity (Wildman–Crippen MR) is 68.6 cm³/mol. The van der Waals surface area contributed by atoms with Crippen LogP contribution >= 0.6 is 0 Å². The SMILES string of the molecule is Cc1cncc(-c2cc(C)c(C)cc2C)c1. The molecule has 0 bridgehead atoms. The van der Waals surface area contributed by atoms with Crippen LogP contribution in [0, 0.1) is 27.7 Å². The number of aromatic nitrogens is 1. The Morgan fingerprint density at radius 1 is 0.750 bits per heavy atom. The van der Waals surface area contributed by atoms with Crippen molar-refractivity contribution in [2.75, 3.05) is 0 Å². The molecule has 1 heteroatoms. The predicted octanol–water partition coefficient (Wildman–Crippen LogP) is 3.98. The van der Waals surface area contributed by atoms with Gasteiger partial charge in [-0.2, -0.15) is 0 Å². The molecule has 0 aliphatic carbocycles. The van der Waals surface area contributed by atoms with Gasteiger partial charge in [-0.1, -0.05) is 12.1 Å². The summed E-state index contributed by atoms with van der Waals surface area (Å²) in [4.78, 5) is 4.25. The molecule has 0 radical (unpaired) electrons. The highest BCUT2D eigenvalue weighted by atomic mass is 14.6. The number of rotatable bonds is 1. The van der Waals surface area contributed by atoms with E-state index < -0.39 is 0 Å². The van der Waals surface area contributed by atoms with Crippen LogP contribution in [-0.2, 0) is 0 Å². The van der Waals surface area contributed by atoms with Gasteiger partial charge in [0.2, 0.25) is 0 Å². The number of aryl methyl sites for hydroxylation is 4. The van der Waals surface area contributed by atoms with E-state index in [0.717, 1.165) is 0 Å². The van der Waals surface area contributed by atoms with E-state index in [1.54, 1.807) is 0 Å². The van der Waals surface area contributed by atoms with Crippen LogP contribution in [0.5, 0.6) is 0 Å². The van der Waals surface area contributed by atoms with Crippen LogP contribution in [0.25, 0.3) is 11.1 Å². The first-order valence-corrected chi connectivity index (χ1v) is 5.58. The average molecular weight is 211 g/mol. The summed E-state index contributed by atoms with van der Waals surface area (Å²) in [6.45, 7) is 8.54. The maximum absolute atomic E-state index is 4.25. The minimum atomic E-state index is 1.20. The fourth-order valence-corrected chi connectivity index (χ4v) is 1.97. The highest BCUT2D eigenvalue weighted by Gasteiger charge is 2.04. The number of hydrogen-bond acceptors (Lipinski definition) is 1. The molecule has 0 saturated carbocycles. The normalized spacial score (nSPS) is 10.5. The van der Waals surface area contributed by atoms with Gasteiger partial charge in [-0.15, -0.1) is 0 Å². The van der Waals surface area contributed by atoms with Crippen LogP contribution in [0.2, 0.25) is 0 Å². The van der Waals surface area contributed by atoms with Gasteiger partial charge in [0.05, 0.1) is 0 Å². The van der Waals surface area contributed by atoms with Crippen molar-refractivity contribution >= 4 is 0 Å². The second-order valence-corrected chi connectivity index (χ2v) is 4.50. The van der Waals surface area contributed by atoms with Crippen LogP contribution in [0.1, 0.15) is 22.3 Å². The summed E-state index contributed by atoms with van der Waals surface area (Å²) in [6.07, 6.45) is 3.82. The molecule has 0 aliphatic rings. The summed E-state index contributed by atoms with van der Waals surface area (Å²) in [5.74, 6) is 0. The monoisotopic (exact) mass is 211 g/mol. The lowest BCUT2D eigenvalue weighted by molar-refractivity contribution is 1.25. The van der Waals surface area contributed by atoms with Crippen molar-refractivity contribution in [2.24, 2.45) is 0 Å². The maximum atomic E-state index is 4.25. The first-order chi connectivity index (χ1) is 7.58. The van der Waals surface area contributed by atoms with Crippen LogP contribution < -0.4 is 0 Å². The van der Waals surface area contributed by atoms with E-state index in [9.17, 15) is 0 Å². The maximum Gasteiger partial charge on any atom is 0.0346 e. The van der Waals surface area contributed by atoms with E-state index in [2.05, 4.69) is 50.9 Å². The Kier molecular flexibility index (Phi) is 2.78. The molecule has 0 fully saturated rings. The molecule has 0 unspecified atom stereocenters. The molecule has 1 nitrogen and oxygen atoms in total. The molecule has 0 spiro atoms. The molecular weight excluding hydrogens is 194 g/mol. The number of benzene rings is 1. The molecule has 82 valence electrons. The Morgan fingerprint density at radius 3 is 2.12 bits per heavy atom. The summed E-state index contributed by atoms with van der Waals surface area (Å²) < 4.78 is 0. The summed E-state index contributed by atoms with van der Waals surface area (Å²) >= 11 is 0. The second-order valence-electron chi connectivity index (χ2n) is 4.50. The lowest BCUT2D eigenvalue weighted by Gasteiger charge is -2.10. The van der Waals surface area contributed by atoms with Crippen molar-refractivity contribution in [3.8, 4) is 11.1 Å². The fraction of sp³-hybridized carbons (Fsp3) is 0.267. The van der Waals surface area contributed by atoms with Gasteiger partial charge >= 0.3 is 0 Å². The van der Waals surface area contributed by atoms with Gasteiger partial charge in [-0.3, -0.25) is 4.98 Å². The van der Waals surface area contributed by atoms with Crippen molar-refractivity contribution in [1.29, 1.82) is 0 Å². The van der Waals surface area contributed by atoms with Crippen molar-refractivity contribution < 1.29 is 0 Å². The lowest BCUT2D eigenvalue weighted by Crippen LogP contribution is -1.90. The van der Waals surface area contributed by atoms with E-state index in [1.165, 1.54) is 33.4 Å². The van der Waals surface area contributed by atoms with Crippen molar-refractivity contribution in [1.82, 2.24) is 4.98 Å². The molecule has 0 aliphatic heterocycles. The van der Waals surface area contributed by atoms with E-state index in [4.69, 9.17) is 0 Å². The molecule has 2 aromatic rings. The van der Waals surface area contributed by atoms with Gasteiger partial charge < -0.3 is 0 Å². The molecule has 1 aromatic heterocycles. The van der Waals surface area contributed by atoms with Gasteiger partial charge in [0, 0.05) is 18.0 Å². The topological polar surface area (TPSA) is 12.9 Å². The number of pyridine rings is 1. The number of hydrogen-bond donors (Lipinski definition) is 0. The summed E-state index contributed by atoms with van der Waals surface area (Å²) in [7, 11) is 0. The summed E-state index contributed by atoms with van der Waals surface area (Å²) in [5, 5.41) is 0. The average Bonchev–Trinajstić information content (AvgIpc) is 2.23. The van der Waals surface area contributed by atoms with E-state index in [-0.39, 0.29) is 0 Å². The molecule has 0 atom stereocenters. The van der Waals surface area contributed by atoms with Crippen LogP contribution in [0.15, 0.2) is 30.6 Å². The zero-order valence-corrected chi connectivity index (χ0v) is 10.3. The van der Waals surface area contributed by atoms with Crippen molar-refractivity contribution in [2.45, 2.75) is 27.7 Å². The Labute approximate surface area is 97.2 Å². The standard InChI is InChI=1S/C15H17N/c1-10-5-14(9-16-8-10)15-7-12(3)11(2)6-13(15)4/h5-9H,1-4H3. The summed E-state index contributed by atoms with van der Waals surface area (Å²) in [5.41, 5.74) is 7.70. The van der Waals surface area contributed by atoms with Gasteiger partial charge in [-0.25, -0.2) is 0 Å².